The molecule has 0 aliphatic carbocycles. The highest BCUT2D eigenvalue weighted by Gasteiger charge is 2.07. The maximum atomic E-state index is 12.0. The van der Waals surface area contributed by atoms with Gasteiger partial charge in [-0.25, -0.2) is 0 Å². The Balaban J connectivity index is 0.000000380. The summed E-state index contributed by atoms with van der Waals surface area (Å²) in [6.07, 6.45) is 22.0. The smallest absolute Gasteiger partial charge is 0.162 e. The summed E-state index contributed by atoms with van der Waals surface area (Å²) in [6.45, 7) is 4.50. The highest BCUT2D eigenvalue weighted by molar-refractivity contribution is 9.10. The summed E-state index contributed by atoms with van der Waals surface area (Å²) in [4.78, 5) is 12.0. The molecule has 2 nitrogen and oxygen atoms in total. The molecule has 0 spiro atoms. The van der Waals surface area contributed by atoms with Crippen LogP contribution < -0.4 is 0 Å². The average molecular weight is 653 g/mol. The summed E-state index contributed by atoms with van der Waals surface area (Å²) in [5.74, 6) is 0.271. The monoisotopic (exact) mass is 650 g/mol. The molecule has 1 N–H and O–H groups in total. The first-order chi connectivity index (χ1) is 18.5. The first-order valence-electron chi connectivity index (χ1n) is 15.2. The van der Waals surface area contributed by atoms with Gasteiger partial charge in [0, 0.05) is 20.9 Å². The molecule has 0 saturated heterocycles. The van der Waals surface area contributed by atoms with E-state index in [9.17, 15) is 9.90 Å². The molecule has 0 radical (unpaired) electrons. The van der Waals surface area contributed by atoms with E-state index >= 15 is 0 Å². The summed E-state index contributed by atoms with van der Waals surface area (Å²) >= 11 is 6.84. The van der Waals surface area contributed by atoms with Gasteiger partial charge < -0.3 is 5.11 Å². The molecule has 0 bridgehead atoms. The molecular weight excluding hydrogens is 600 g/mol. The van der Waals surface area contributed by atoms with Crippen LogP contribution in [0.25, 0.3) is 0 Å². The second kappa shape index (κ2) is 23.9. The Morgan fingerprint density at radius 3 is 1.66 bits per heavy atom. The molecule has 0 saturated carbocycles. The first-order valence-corrected chi connectivity index (χ1v) is 16.8. The number of halogens is 2. The summed E-state index contributed by atoms with van der Waals surface area (Å²) in [5, 5.41) is 10.1. The molecule has 0 aliphatic heterocycles. The van der Waals surface area contributed by atoms with Crippen LogP contribution in [0.4, 0.5) is 0 Å². The summed E-state index contributed by atoms with van der Waals surface area (Å²) < 4.78 is 2.02. The van der Waals surface area contributed by atoms with E-state index in [1.165, 1.54) is 89.9 Å². The molecule has 0 aliphatic rings. The highest BCUT2D eigenvalue weighted by atomic mass is 79.9. The van der Waals surface area contributed by atoms with Crippen LogP contribution in [0.2, 0.25) is 0 Å². The standard InChI is InChI=1S/C17H27BrO.C17H25BrO/c2*1-2-3-4-5-6-7-8-9-13-17(19)15-11-10-12-16(18)14-15/h10-12,14,17,19H,2-9,13H2,1H3;10-12,14H,2-9,13H2,1H3. The lowest BCUT2D eigenvalue weighted by atomic mass is 10.0. The number of rotatable bonds is 20. The fraction of sp³-hybridized carbons (Fsp3) is 0.618. The molecule has 4 heteroatoms. The number of Topliss-reactive ketones (excluding diaryl/α,β-unsaturated/α-hetero) is 1. The SMILES string of the molecule is CCCCCCCCCCC(=O)c1cccc(Br)c1.CCCCCCCCCCC(O)c1cccc(Br)c1. The molecule has 2 rings (SSSR count). The number of aliphatic hydroxyl groups excluding tert-OH is 1. The van der Waals surface area contributed by atoms with Gasteiger partial charge in [-0.1, -0.05) is 166 Å². The zero-order chi connectivity index (χ0) is 27.8. The highest BCUT2D eigenvalue weighted by Crippen LogP contribution is 2.23. The molecule has 0 heterocycles. The van der Waals surface area contributed by atoms with E-state index in [1.807, 2.05) is 48.5 Å². The summed E-state index contributed by atoms with van der Waals surface area (Å²) in [7, 11) is 0. The Hall–Kier alpha value is -0.970. The largest absolute Gasteiger partial charge is 0.388 e. The molecule has 1 unspecified atom stereocenters. The van der Waals surface area contributed by atoms with Gasteiger partial charge in [0.05, 0.1) is 6.10 Å². The number of hydrogen-bond donors (Lipinski definition) is 1. The van der Waals surface area contributed by atoms with Crippen LogP contribution in [-0.4, -0.2) is 10.9 Å². The predicted molar refractivity (Wildman–Crippen MR) is 172 cm³/mol. The van der Waals surface area contributed by atoms with Crippen molar-refractivity contribution in [3.63, 3.8) is 0 Å². The molecule has 0 aromatic heterocycles. The number of hydrogen-bond acceptors (Lipinski definition) is 2. The van der Waals surface area contributed by atoms with E-state index in [2.05, 4.69) is 45.7 Å². The van der Waals surface area contributed by atoms with E-state index in [0.29, 0.717) is 6.42 Å². The third-order valence-electron chi connectivity index (χ3n) is 6.97. The van der Waals surface area contributed by atoms with Crippen LogP contribution in [0.15, 0.2) is 57.5 Å². The van der Waals surface area contributed by atoms with E-state index in [4.69, 9.17) is 0 Å². The van der Waals surface area contributed by atoms with Crippen molar-refractivity contribution in [1.82, 2.24) is 0 Å². The van der Waals surface area contributed by atoms with Crippen molar-refractivity contribution in [2.45, 2.75) is 136 Å². The molecule has 2 aromatic carbocycles. The molecule has 0 fully saturated rings. The van der Waals surface area contributed by atoms with Crippen molar-refractivity contribution >= 4 is 37.6 Å². The molecular formula is C34H52Br2O2. The van der Waals surface area contributed by atoms with Gasteiger partial charge in [0.2, 0.25) is 0 Å². The lowest BCUT2D eigenvalue weighted by molar-refractivity contribution is 0.0979. The minimum atomic E-state index is -0.308. The zero-order valence-electron chi connectivity index (χ0n) is 24.0. The van der Waals surface area contributed by atoms with Gasteiger partial charge in [-0.3, -0.25) is 4.79 Å². The Morgan fingerprint density at radius 1 is 0.658 bits per heavy atom. The van der Waals surface area contributed by atoms with Crippen molar-refractivity contribution in [3.8, 4) is 0 Å². The van der Waals surface area contributed by atoms with E-state index in [0.717, 1.165) is 39.3 Å². The Bertz CT molecular complexity index is 852. The van der Waals surface area contributed by atoms with Crippen molar-refractivity contribution in [3.05, 3.63) is 68.6 Å². The van der Waals surface area contributed by atoms with Gasteiger partial charge in [-0.15, -0.1) is 0 Å². The van der Waals surface area contributed by atoms with Crippen molar-refractivity contribution in [1.29, 1.82) is 0 Å². The topological polar surface area (TPSA) is 37.3 Å². The van der Waals surface area contributed by atoms with Crippen LogP contribution in [0.3, 0.4) is 0 Å². The van der Waals surface area contributed by atoms with Crippen molar-refractivity contribution in [2.24, 2.45) is 0 Å². The Labute approximate surface area is 250 Å². The number of ketones is 1. The molecule has 38 heavy (non-hydrogen) atoms. The van der Waals surface area contributed by atoms with Gasteiger partial charge in [0.1, 0.15) is 0 Å². The maximum Gasteiger partial charge on any atom is 0.162 e. The average Bonchev–Trinajstić information content (AvgIpc) is 2.92. The summed E-state index contributed by atoms with van der Waals surface area (Å²) in [5.41, 5.74) is 1.86. The second-order valence-electron chi connectivity index (χ2n) is 10.5. The lowest BCUT2D eigenvalue weighted by Gasteiger charge is -2.11. The van der Waals surface area contributed by atoms with Gasteiger partial charge in [-0.05, 0) is 42.7 Å². The minimum absolute atomic E-state index is 0.271. The van der Waals surface area contributed by atoms with E-state index in [-0.39, 0.29) is 11.9 Å². The zero-order valence-corrected chi connectivity index (χ0v) is 27.2. The quantitative estimate of drug-likeness (QED) is 0.114. The maximum absolute atomic E-state index is 12.0. The van der Waals surface area contributed by atoms with Crippen LogP contribution in [-0.2, 0) is 0 Å². The number of carbonyl (C=O) groups is 1. The third kappa shape index (κ3) is 18.3. The molecule has 2 aromatic rings. The number of unbranched alkanes of at least 4 members (excludes halogenated alkanes) is 14. The van der Waals surface area contributed by atoms with Crippen molar-refractivity contribution < 1.29 is 9.90 Å². The van der Waals surface area contributed by atoms with Crippen LogP contribution in [0.5, 0.6) is 0 Å². The Morgan fingerprint density at radius 2 is 1.13 bits per heavy atom. The fourth-order valence-corrected chi connectivity index (χ4v) is 5.39. The predicted octanol–water partition coefficient (Wildman–Crippen LogP) is 12.2. The number of aliphatic hydroxyl groups is 1. The summed E-state index contributed by atoms with van der Waals surface area (Å²) in [6, 6.07) is 15.7. The fourth-order valence-electron chi connectivity index (χ4n) is 4.58. The van der Waals surface area contributed by atoms with Gasteiger partial charge in [0.25, 0.3) is 0 Å². The van der Waals surface area contributed by atoms with Crippen molar-refractivity contribution in [2.75, 3.05) is 0 Å². The molecule has 214 valence electrons. The second-order valence-corrected chi connectivity index (χ2v) is 12.3. The minimum Gasteiger partial charge on any atom is -0.388 e. The number of carbonyl (C=O) groups excluding carboxylic acids is 1. The van der Waals surface area contributed by atoms with Crippen LogP contribution >= 0.6 is 31.9 Å². The van der Waals surface area contributed by atoms with E-state index in [1.54, 1.807) is 0 Å². The van der Waals surface area contributed by atoms with Crippen LogP contribution in [0.1, 0.15) is 151 Å². The van der Waals surface area contributed by atoms with Gasteiger partial charge in [-0.2, -0.15) is 0 Å². The first kappa shape index (κ1) is 35.1. The van der Waals surface area contributed by atoms with Crippen LogP contribution in [0, 0.1) is 0 Å². The van der Waals surface area contributed by atoms with E-state index < -0.39 is 0 Å². The molecule has 1 atom stereocenters. The number of benzene rings is 2. The molecule has 0 amide bonds. The Kier molecular flexibility index (Phi) is 22.0. The van der Waals surface area contributed by atoms with Gasteiger partial charge >= 0.3 is 0 Å². The third-order valence-corrected chi connectivity index (χ3v) is 7.96. The normalized spacial score (nSPS) is 11.6. The lowest BCUT2D eigenvalue weighted by Crippen LogP contribution is -1.98. The van der Waals surface area contributed by atoms with Gasteiger partial charge in [0.15, 0.2) is 5.78 Å².